The summed E-state index contributed by atoms with van der Waals surface area (Å²) in [7, 11) is 0. The standard InChI is InChI=1S/C19H25Cl2N3O2/c20-15-9-8-14(11-16(15)21)23-19(26)17-7-3-4-10-24(17)12-18(25)22-13-5-1-2-6-13/h8-9,11,13,17H,1-7,10,12H2,(H,22,25)(H,23,26). The molecule has 0 spiro atoms. The number of anilines is 1. The molecule has 26 heavy (non-hydrogen) atoms. The SMILES string of the molecule is O=C(CN1CCCCC1C(=O)Nc1ccc(Cl)c(Cl)c1)NC1CCCC1. The first-order valence-corrected chi connectivity index (χ1v) is 10.1. The molecule has 7 heteroatoms. The van der Waals surface area contributed by atoms with E-state index in [1.165, 1.54) is 12.8 Å². The van der Waals surface area contributed by atoms with Crippen molar-refractivity contribution in [2.45, 2.75) is 57.0 Å². The molecule has 1 unspecified atom stereocenters. The predicted molar refractivity (Wildman–Crippen MR) is 105 cm³/mol. The van der Waals surface area contributed by atoms with Crippen molar-refractivity contribution in [1.29, 1.82) is 0 Å². The summed E-state index contributed by atoms with van der Waals surface area (Å²) < 4.78 is 0. The maximum Gasteiger partial charge on any atom is 0.241 e. The molecule has 1 aliphatic heterocycles. The lowest BCUT2D eigenvalue weighted by atomic mass is 10.0. The molecule has 3 rings (SSSR count). The van der Waals surface area contributed by atoms with Gasteiger partial charge in [0.2, 0.25) is 11.8 Å². The van der Waals surface area contributed by atoms with Crippen molar-refractivity contribution in [3.8, 4) is 0 Å². The van der Waals surface area contributed by atoms with Crippen molar-refractivity contribution < 1.29 is 9.59 Å². The molecule has 1 heterocycles. The van der Waals surface area contributed by atoms with Crippen LogP contribution in [-0.2, 0) is 9.59 Å². The van der Waals surface area contributed by atoms with Crippen LogP contribution in [0.3, 0.4) is 0 Å². The topological polar surface area (TPSA) is 61.4 Å². The van der Waals surface area contributed by atoms with Crippen molar-refractivity contribution in [2.24, 2.45) is 0 Å². The highest BCUT2D eigenvalue weighted by molar-refractivity contribution is 6.42. The normalized spacial score (nSPS) is 21.5. The third-order valence-electron chi connectivity index (χ3n) is 5.17. The molecular weight excluding hydrogens is 373 g/mol. The predicted octanol–water partition coefficient (Wildman–Crippen LogP) is 3.85. The van der Waals surface area contributed by atoms with Crippen LogP contribution in [0.15, 0.2) is 18.2 Å². The van der Waals surface area contributed by atoms with Gasteiger partial charge in [0.15, 0.2) is 0 Å². The Labute approximate surface area is 164 Å². The van der Waals surface area contributed by atoms with Crippen molar-refractivity contribution in [3.63, 3.8) is 0 Å². The Morgan fingerprint density at radius 2 is 1.77 bits per heavy atom. The molecular formula is C19H25Cl2N3O2. The molecule has 1 aliphatic carbocycles. The lowest BCUT2D eigenvalue weighted by Gasteiger charge is -2.34. The number of carbonyl (C=O) groups excluding carboxylic acids is 2. The third kappa shape index (κ3) is 5.12. The van der Waals surface area contributed by atoms with Gasteiger partial charge in [-0.2, -0.15) is 0 Å². The van der Waals surface area contributed by atoms with Crippen LogP contribution in [0, 0.1) is 0 Å². The molecule has 0 aromatic heterocycles. The zero-order valence-corrected chi connectivity index (χ0v) is 16.3. The van der Waals surface area contributed by atoms with Gasteiger partial charge in [-0.15, -0.1) is 0 Å². The molecule has 2 aliphatic rings. The van der Waals surface area contributed by atoms with Gasteiger partial charge < -0.3 is 10.6 Å². The number of halogens is 2. The van der Waals surface area contributed by atoms with Crippen LogP contribution < -0.4 is 10.6 Å². The van der Waals surface area contributed by atoms with E-state index < -0.39 is 0 Å². The van der Waals surface area contributed by atoms with Gasteiger partial charge in [0.25, 0.3) is 0 Å². The largest absolute Gasteiger partial charge is 0.352 e. The second-order valence-corrected chi connectivity index (χ2v) is 7.96. The molecule has 1 atom stereocenters. The smallest absolute Gasteiger partial charge is 0.241 e. The van der Waals surface area contributed by atoms with Gasteiger partial charge in [-0.05, 0) is 50.4 Å². The Balaban J connectivity index is 1.59. The van der Waals surface area contributed by atoms with E-state index in [9.17, 15) is 9.59 Å². The second kappa shape index (κ2) is 9.07. The summed E-state index contributed by atoms with van der Waals surface area (Å²) in [5.74, 6) is -0.0807. The second-order valence-electron chi connectivity index (χ2n) is 7.15. The van der Waals surface area contributed by atoms with E-state index in [0.29, 0.717) is 21.8 Å². The van der Waals surface area contributed by atoms with E-state index >= 15 is 0 Å². The Morgan fingerprint density at radius 1 is 1.04 bits per heavy atom. The number of carbonyl (C=O) groups is 2. The summed E-state index contributed by atoms with van der Waals surface area (Å²) in [6.45, 7) is 1.04. The van der Waals surface area contributed by atoms with E-state index in [0.717, 1.165) is 38.6 Å². The Morgan fingerprint density at radius 3 is 2.50 bits per heavy atom. The maximum absolute atomic E-state index is 12.7. The molecule has 1 saturated carbocycles. The number of benzene rings is 1. The minimum atomic E-state index is -0.299. The first kappa shape index (κ1) is 19.5. The van der Waals surface area contributed by atoms with Crippen LogP contribution in [0.5, 0.6) is 0 Å². The summed E-state index contributed by atoms with van der Waals surface area (Å²) >= 11 is 11.9. The zero-order chi connectivity index (χ0) is 18.5. The number of nitrogens with one attached hydrogen (secondary N) is 2. The summed E-state index contributed by atoms with van der Waals surface area (Å²) in [6.07, 6.45) is 7.24. The van der Waals surface area contributed by atoms with Crippen LogP contribution >= 0.6 is 23.2 Å². The van der Waals surface area contributed by atoms with Gasteiger partial charge in [-0.1, -0.05) is 42.5 Å². The summed E-state index contributed by atoms with van der Waals surface area (Å²) in [5.41, 5.74) is 0.616. The molecule has 1 aromatic rings. The van der Waals surface area contributed by atoms with Crippen LogP contribution in [0.2, 0.25) is 10.0 Å². The number of likely N-dealkylation sites (tertiary alicyclic amines) is 1. The van der Waals surface area contributed by atoms with Crippen molar-refractivity contribution in [2.75, 3.05) is 18.4 Å². The highest BCUT2D eigenvalue weighted by Gasteiger charge is 2.30. The average Bonchev–Trinajstić information content (AvgIpc) is 3.11. The van der Waals surface area contributed by atoms with E-state index in [2.05, 4.69) is 10.6 Å². The summed E-state index contributed by atoms with van der Waals surface area (Å²) in [5, 5.41) is 6.86. The van der Waals surface area contributed by atoms with E-state index in [-0.39, 0.29) is 24.4 Å². The number of hydrogen-bond donors (Lipinski definition) is 2. The van der Waals surface area contributed by atoms with Crippen LogP contribution in [-0.4, -0.2) is 41.9 Å². The fourth-order valence-corrected chi connectivity index (χ4v) is 4.10. The third-order valence-corrected chi connectivity index (χ3v) is 5.91. The number of amides is 2. The molecule has 2 amide bonds. The van der Waals surface area contributed by atoms with E-state index in [1.54, 1.807) is 18.2 Å². The van der Waals surface area contributed by atoms with Gasteiger partial charge in [0.1, 0.15) is 0 Å². The number of nitrogens with zero attached hydrogens (tertiary/aromatic N) is 1. The van der Waals surface area contributed by atoms with Crippen LogP contribution in [0.1, 0.15) is 44.9 Å². The quantitative estimate of drug-likeness (QED) is 0.792. The highest BCUT2D eigenvalue weighted by atomic mass is 35.5. The monoisotopic (exact) mass is 397 g/mol. The van der Waals surface area contributed by atoms with Crippen molar-refractivity contribution >= 4 is 40.7 Å². The first-order valence-electron chi connectivity index (χ1n) is 9.32. The highest BCUT2D eigenvalue weighted by Crippen LogP contribution is 2.26. The van der Waals surface area contributed by atoms with Crippen LogP contribution in [0.4, 0.5) is 5.69 Å². The van der Waals surface area contributed by atoms with E-state index in [4.69, 9.17) is 23.2 Å². The van der Waals surface area contributed by atoms with Crippen molar-refractivity contribution in [3.05, 3.63) is 28.2 Å². The van der Waals surface area contributed by atoms with Gasteiger partial charge in [-0.3, -0.25) is 14.5 Å². The maximum atomic E-state index is 12.7. The minimum Gasteiger partial charge on any atom is -0.352 e. The van der Waals surface area contributed by atoms with Gasteiger partial charge in [0.05, 0.1) is 22.6 Å². The van der Waals surface area contributed by atoms with Crippen molar-refractivity contribution in [1.82, 2.24) is 10.2 Å². The molecule has 2 fully saturated rings. The summed E-state index contributed by atoms with van der Waals surface area (Å²) in [6, 6.07) is 5.03. The average molecular weight is 398 g/mol. The molecule has 5 nitrogen and oxygen atoms in total. The lowest BCUT2D eigenvalue weighted by molar-refractivity contribution is -0.127. The zero-order valence-electron chi connectivity index (χ0n) is 14.8. The first-order chi connectivity index (χ1) is 12.5. The molecule has 0 radical (unpaired) electrons. The Kier molecular flexibility index (Phi) is 6.79. The Hall–Kier alpha value is -1.30. The fraction of sp³-hybridized carbons (Fsp3) is 0.579. The number of piperidine rings is 1. The molecule has 1 saturated heterocycles. The summed E-state index contributed by atoms with van der Waals surface area (Å²) in [4.78, 5) is 27.1. The van der Waals surface area contributed by atoms with Crippen LogP contribution in [0.25, 0.3) is 0 Å². The number of rotatable bonds is 5. The molecule has 142 valence electrons. The fourth-order valence-electron chi connectivity index (χ4n) is 3.80. The van der Waals surface area contributed by atoms with Gasteiger partial charge in [-0.25, -0.2) is 0 Å². The lowest BCUT2D eigenvalue weighted by Crippen LogP contribution is -2.51. The molecule has 2 N–H and O–H groups in total. The number of hydrogen-bond acceptors (Lipinski definition) is 3. The molecule has 1 aromatic carbocycles. The van der Waals surface area contributed by atoms with Gasteiger partial charge >= 0.3 is 0 Å². The van der Waals surface area contributed by atoms with E-state index in [1.807, 2.05) is 4.90 Å². The molecule has 0 bridgehead atoms. The minimum absolute atomic E-state index is 0.0196. The van der Waals surface area contributed by atoms with Gasteiger partial charge in [0, 0.05) is 11.7 Å². The Bertz CT molecular complexity index is 662.